The van der Waals surface area contributed by atoms with Crippen molar-refractivity contribution in [1.82, 2.24) is 0 Å². The molecule has 0 heterocycles. The Bertz CT molecular complexity index is 288. The highest BCUT2D eigenvalue weighted by Gasteiger charge is 2.25. The van der Waals surface area contributed by atoms with Crippen molar-refractivity contribution in [2.45, 2.75) is 25.6 Å². The lowest BCUT2D eigenvalue weighted by Crippen LogP contribution is -2.27. The minimum Gasteiger partial charge on any atom is -0.481 e. The highest BCUT2D eigenvalue weighted by atomic mass is 16.5. The molecule has 1 aliphatic carbocycles. The van der Waals surface area contributed by atoms with Gasteiger partial charge in [0.2, 0.25) is 0 Å². The first-order valence-electron chi connectivity index (χ1n) is 4.53. The Hall–Kier alpha value is -1.13. The van der Waals surface area contributed by atoms with E-state index in [9.17, 15) is 4.79 Å². The van der Waals surface area contributed by atoms with Gasteiger partial charge in [0, 0.05) is 6.42 Å². The largest absolute Gasteiger partial charge is 0.481 e. The second-order valence-electron chi connectivity index (χ2n) is 3.42. The van der Waals surface area contributed by atoms with E-state index in [1.165, 1.54) is 12.2 Å². The molecule has 14 heavy (non-hydrogen) atoms. The molecule has 0 aromatic rings. The Labute approximate surface area is 82.2 Å². The van der Waals surface area contributed by atoms with E-state index in [-0.39, 0.29) is 6.42 Å². The second kappa shape index (κ2) is 3.94. The fraction of sp³-hybridized carbons (Fsp3) is 0.500. The molecule has 0 spiro atoms. The number of hydrogen-bond acceptors (Lipinski definition) is 3. The molecule has 0 bridgehead atoms. The van der Waals surface area contributed by atoms with E-state index >= 15 is 0 Å². The number of aliphatic carboxylic acids is 1. The minimum atomic E-state index is -1.82. The fourth-order valence-electron chi connectivity index (χ4n) is 1.45. The summed E-state index contributed by atoms with van der Waals surface area (Å²) in [5.41, 5.74) is 0.638. The Balaban J connectivity index is 2.78. The molecule has 0 radical (unpaired) electrons. The lowest BCUT2D eigenvalue weighted by molar-refractivity contribution is -0.140. The van der Waals surface area contributed by atoms with E-state index < -0.39 is 17.7 Å². The standard InChI is InChI=1S/C10H14O4/c1-2-8(9(11)12)7-3-5-10(13,14)6-4-7/h3-5,8,13-14H,2,6H2,1H3,(H,11,12). The second-order valence-corrected chi connectivity index (χ2v) is 3.42. The van der Waals surface area contributed by atoms with E-state index in [2.05, 4.69) is 0 Å². The van der Waals surface area contributed by atoms with Crippen molar-refractivity contribution in [3.05, 3.63) is 23.8 Å². The van der Waals surface area contributed by atoms with Crippen LogP contribution in [0.15, 0.2) is 23.8 Å². The van der Waals surface area contributed by atoms with Gasteiger partial charge in [0.05, 0.1) is 5.92 Å². The van der Waals surface area contributed by atoms with Crippen LogP contribution in [0, 0.1) is 5.92 Å². The summed E-state index contributed by atoms with van der Waals surface area (Å²) in [5, 5.41) is 27.2. The van der Waals surface area contributed by atoms with Crippen molar-refractivity contribution in [2.24, 2.45) is 5.92 Å². The van der Waals surface area contributed by atoms with Gasteiger partial charge in [0.1, 0.15) is 0 Å². The maximum atomic E-state index is 10.8. The molecule has 78 valence electrons. The van der Waals surface area contributed by atoms with Gasteiger partial charge in [-0.05, 0) is 18.1 Å². The van der Waals surface area contributed by atoms with Crippen molar-refractivity contribution in [3.8, 4) is 0 Å². The third-order valence-electron chi connectivity index (χ3n) is 2.29. The Morgan fingerprint density at radius 3 is 2.64 bits per heavy atom. The maximum Gasteiger partial charge on any atom is 0.310 e. The molecule has 0 aromatic heterocycles. The average Bonchev–Trinajstić information content (AvgIpc) is 2.08. The molecule has 4 nitrogen and oxygen atoms in total. The number of carboxylic acids is 1. The smallest absolute Gasteiger partial charge is 0.310 e. The predicted molar refractivity (Wildman–Crippen MR) is 50.4 cm³/mol. The molecule has 3 N–H and O–H groups in total. The quantitative estimate of drug-likeness (QED) is 0.582. The van der Waals surface area contributed by atoms with Gasteiger partial charge in [0.15, 0.2) is 5.79 Å². The van der Waals surface area contributed by atoms with E-state index in [0.717, 1.165) is 0 Å². The minimum absolute atomic E-state index is 0.0443. The van der Waals surface area contributed by atoms with E-state index in [0.29, 0.717) is 12.0 Å². The highest BCUT2D eigenvalue weighted by molar-refractivity contribution is 5.74. The van der Waals surface area contributed by atoms with Gasteiger partial charge >= 0.3 is 5.97 Å². The van der Waals surface area contributed by atoms with Crippen molar-refractivity contribution in [2.75, 3.05) is 0 Å². The van der Waals surface area contributed by atoms with Crippen LogP contribution in [0.2, 0.25) is 0 Å². The number of carbonyl (C=O) groups is 1. The monoisotopic (exact) mass is 198 g/mol. The van der Waals surface area contributed by atoms with Crippen LogP contribution >= 0.6 is 0 Å². The van der Waals surface area contributed by atoms with Crippen LogP contribution in [0.1, 0.15) is 19.8 Å². The summed E-state index contributed by atoms with van der Waals surface area (Å²) in [5.74, 6) is -3.26. The number of allylic oxidation sites excluding steroid dienone is 1. The van der Waals surface area contributed by atoms with Gasteiger partial charge in [-0.1, -0.05) is 19.1 Å². The SMILES string of the molecule is CCC(C(=O)O)C1=CCC(O)(O)C=C1. The zero-order valence-electron chi connectivity index (χ0n) is 7.97. The molecule has 1 aliphatic rings. The van der Waals surface area contributed by atoms with E-state index in [4.69, 9.17) is 15.3 Å². The third-order valence-corrected chi connectivity index (χ3v) is 2.29. The van der Waals surface area contributed by atoms with Crippen LogP contribution in [0.25, 0.3) is 0 Å². The maximum absolute atomic E-state index is 10.8. The molecule has 1 unspecified atom stereocenters. The van der Waals surface area contributed by atoms with Crippen molar-refractivity contribution in [1.29, 1.82) is 0 Å². The number of rotatable bonds is 3. The van der Waals surface area contributed by atoms with Crippen molar-refractivity contribution in [3.63, 3.8) is 0 Å². The summed E-state index contributed by atoms with van der Waals surface area (Å²) < 4.78 is 0. The average molecular weight is 198 g/mol. The van der Waals surface area contributed by atoms with Gasteiger partial charge in [-0.25, -0.2) is 0 Å². The van der Waals surface area contributed by atoms with Crippen molar-refractivity contribution >= 4 is 5.97 Å². The molecule has 0 aromatic carbocycles. The topological polar surface area (TPSA) is 77.8 Å². The summed E-state index contributed by atoms with van der Waals surface area (Å²) in [6.45, 7) is 1.78. The Kier molecular flexibility index (Phi) is 3.08. The van der Waals surface area contributed by atoms with Crippen molar-refractivity contribution < 1.29 is 20.1 Å². The van der Waals surface area contributed by atoms with E-state index in [1.807, 2.05) is 0 Å². The predicted octanol–water partition coefficient (Wildman–Crippen LogP) is 0.664. The number of hydrogen-bond donors (Lipinski definition) is 3. The molecule has 0 amide bonds. The molecule has 4 heteroatoms. The lowest BCUT2D eigenvalue weighted by Gasteiger charge is -2.22. The van der Waals surface area contributed by atoms with E-state index in [1.54, 1.807) is 13.0 Å². The van der Waals surface area contributed by atoms with Crippen LogP contribution in [-0.2, 0) is 4.79 Å². The van der Waals surface area contributed by atoms with Gasteiger partial charge in [0.25, 0.3) is 0 Å². The van der Waals surface area contributed by atoms with Crippen LogP contribution in [-0.4, -0.2) is 27.1 Å². The summed E-state index contributed by atoms with van der Waals surface area (Å²) >= 11 is 0. The Morgan fingerprint density at radius 2 is 2.29 bits per heavy atom. The first kappa shape index (κ1) is 10.9. The lowest BCUT2D eigenvalue weighted by atomic mass is 9.90. The number of aliphatic hydroxyl groups is 2. The van der Waals surface area contributed by atoms with Gasteiger partial charge < -0.3 is 15.3 Å². The summed E-state index contributed by atoms with van der Waals surface area (Å²) in [6, 6.07) is 0. The van der Waals surface area contributed by atoms with Crippen LogP contribution in [0.4, 0.5) is 0 Å². The normalized spacial score (nSPS) is 21.5. The van der Waals surface area contributed by atoms with Crippen LogP contribution in [0.3, 0.4) is 0 Å². The summed E-state index contributed by atoms with van der Waals surface area (Å²) in [6.07, 6.45) is 4.78. The Morgan fingerprint density at radius 1 is 1.64 bits per heavy atom. The summed E-state index contributed by atoms with van der Waals surface area (Å²) in [7, 11) is 0. The molecule has 0 fully saturated rings. The zero-order valence-corrected chi connectivity index (χ0v) is 7.97. The number of carboxylic acid groups (broad SMARTS) is 1. The first-order valence-corrected chi connectivity index (χ1v) is 4.53. The molecule has 0 saturated heterocycles. The molecule has 0 saturated carbocycles. The zero-order chi connectivity index (χ0) is 10.8. The summed E-state index contributed by atoms with van der Waals surface area (Å²) in [4.78, 5) is 10.8. The van der Waals surface area contributed by atoms with Gasteiger partial charge in [-0.3, -0.25) is 4.79 Å². The molecular formula is C10H14O4. The molecule has 0 aliphatic heterocycles. The molecule has 1 rings (SSSR count). The first-order chi connectivity index (χ1) is 6.46. The highest BCUT2D eigenvalue weighted by Crippen LogP contribution is 2.25. The van der Waals surface area contributed by atoms with Crippen LogP contribution in [0.5, 0.6) is 0 Å². The van der Waals surface area contributed by atoms with Crippen LogP contribution < -0.4 is 0 Å². The fourth-order valence-corrected chi connectivity index (χ4v) is 1.45. The van der Waals surface area contributed by atoms with Gasteiger partial charge in [-0.2, -0.15) is 0 Å². The third kappa shape index (κ3) is 2.43. The molecule has 1 atom stereocenters. The van der Waals surface area contributed by atoms with Gasteiger partial charge in [-0.15, -0.1) is 0 Å². The molecular weight excluding hydrogens is 184 g/mol.